The topological polar surface area (TPSA) is 45.2 Å². The van der Waals surface area contributed by atoms with E-state index in [-0.39, 0.29) is 5.91 Å². The molecule has 2 heterocycles. The average Bonchev–Trinajstić information content (AvgIpc) is 3.21. The number of carbonyl (C=O) groups is 1. The van der Waals surface area contributed by atoms with Gasteiger partial charge in [-0.15, -0.1) is 0 Å². The van der Waals surface area contributed by atoms with Crippen molar-refractivity contribution in [1.29, 1.82) is 0 Å². The van der Waals surface area contributed by atoms with Crippen molar-refractivity contribution in [3.05, 3.63) is 71.9 Å². The Morgan fingerprint density at radius 1 is 1.04 bits per heavy atom. The molecule has 0 aliphatic carbocycles. The third-order valence-corrected chi connectivity index (χ3v) is 4.67. The van der Waals surface area contributed by atoms with Crippen molar-refractivity contribution >= 4 is 22.5 Å². The Balaban J connectivity index is 1.41. The lowest BCUT2D eigenvalue weighted by molar-refractivity contribution is 0.0793. The molecule has 25 heavy (non-hydrogen) atoms. The van der Waals surface area contributed by atoms with Gasteiger partial charge in [-0.05, 0) is 54.8 Å². The maximum absolute atomic E-state index is 12.4. The van der Waals surface area contributed by atoms with E-state index in [0.29, 0.717) is 6.54 Å². The second kappa shape index (κ2) is 6.93. The lowest BCUT2D eigenvalue weighted by Crippen LogP contribution is -2.27. The average molecular weight is 331 g/mol. The molecule has 3 aromatic rings. The standard InChI is InChI=1S/C21H21N3O/c25-21(24-11-3-4-12-24)17-7-9-19(10-8-17)22-14-16-13-18-5-1-2-6-20(18)23-15-16/h1-2,5-10,13,15,22H,3-4,11-12,14H2. The molecule has 0 spiro atoms. The molecule has 126 valence electrons. The van der Waals surface area contributed by atoms with Crippen molar-refractivity contribution in [1.82, 2.24) is 9.88 Å². The van der Waals surface area contributed by atoms with Crippen LogP contribution in [0.15, 0.2) is 60.8 Å². The van der Waals surface area contributed by atoms with Gasteiger partial charge in [-0.3, -0.25) is 9.78 Å². The number of anilines is 1. The van der Waals surface area contributed by atoms with E-state index in [1.54, 1.807) is 0 Å². The highest BCUT2D eigenvalue weighted by Crippen LogP contribution is 2.17. The number of rotatable bonds is 4. The molecule has 0 saturated carbocycles. The van der Waals surface area contributed by atoms with Crippen molar-refractivity contribution in [3.8, 4) is 0 Å². The minimum atomic E-state index is 0.141. The zero-order valence-electron chi connectivity index (χ0n) is 14.1. The summed E-state index contributed by atoms with van der Waals surface area (Å²) in [4.78, 5) is 18.8. The Morgan fingerprint density at radius 3 is 2.60 bits per heavy atom. The van der Waals surface area contributed by atoms with E-state index < -0.39 is 0 Å². The first-order chi connectivity index (χ1) is 12.3. The lowest BCUT2D eigenvalue weighted by Gasteiger charge is -2.15. The molecule has 0 atom stereocenters. The molecule has 4 heteroatoms. The fourth-order valence-electron chi connectivity index (χ4n) is 3.25. The fraction of sp³-hybridized carbons (Fsp3) is 0.238. The van der Waals surface area contributed by atoms with Gasteiger partial charge in [0.2, 0.25) is 0 Å². The van der Waals surface area contributed by atoms with Crippen LogP contribution < -0.4 is 5.32 Å². The van der Waals surface area contributed by atoms with Crippen LogP contribution in [0.1, 0.15) is 28.8 Å². The molecule has 0 bridgehead atoms. The Kier molecular flexibility index (Phi) is 4.34. The number of hydrogen-bond donors (Lipinski definition) is 1. The Hall–Kier alpha value is -2.88. The van der Waals surface area contributed by atoms with E-state index in [4.69, 9.17) is 0 Å². The zero-order valence-corrected chi connectivity index (χ0v) is 14.1. The minimum absolute atomic E-state index is 0.141. The highest BCUT2D eigenvalue weighted by atomic mass is 16.2. The lowest BCUT2D eigenvalue weighted by atomic mass is 10.1. The minimum Gasteiger partial charge on any atom is -0.381 e. The van der Waals surface area contributed by atoms with Gasteiger partial charge in [0.15, 0.2) is 0 Å². The van der Waals surface area contributed by atoms with E-state index in [0.717, 1.165) is 53.6 Å². The largest absolute Gasteiger partial charge is 0.381 e. The van der Waals surface area contributed by atoms with Crippen molar-refractivity contribution in [2.24, 2.45) is 0 Å². The molecular formula is C21H21N3O. The number of aromatic nitrogens is 1. The molecule has 0 radical (unpaired) electrons. The van der Waals surface area contributed by atoms with Crippen molar-refractivity contribution in [2.75, 3.05) is 18.4 Å². The summed E-state index contributed by atoms with van der Waals surface area (Å²) in [5.74, 6) is 0.141. The number of nitrogens with zero attached hydrogens (tertiary/aromatic N) is 2. The number of benzene rings is 2. The van der Waals surface area contributed by atoms with Crippen LogP contribution in [-0.4, -0.2) is 28.9 Å². The molecule has 1 N–H and O–H groups in total. The summed E-state index contributed by atoms with van der Waals surface area (Å²) in [6, 6.07) is 18.0. The molecule has 1 aliphatic rings. The molecule has 1 amide bonds. The number of hydrogen-bond acceptors (Lipinski definition) is 3. The van der Waals surface area contributed by atoms with E-state index in [9.17, 15) is 4.79 Å². The number of carbonyl (C=O) groups excluding carboxylic acids is 1. The van der Waals surface area contributed by atoms with Crippen LogP contribution in [0.5, 0.6) is 0 Å². The van der Waals surface area contributed by atoms with E-state index in [1.807, 2.05) is 53.6 Å². The summed E-state index contributed by atoms with van der Waals surface area (Å²) < 4.78 is 0. The summed E-state index contributed by atoms with van der Waals surface area (Å²) in [6.07, 6.45) is 4.14. The normalized spacial score (nSPS) is 14.0. The Bertz CT molecular complexity index is 883. The molecule has 1 aromatic heterocycles. The predicted octanol–water partition coefficient (Wildman–Crippen LogP) is 4.08. The van der Waals surface area contributed by atoms with Gasteiger partial charge >= 0.3 is 0 Å². The number of para-hydroxylation sites is 1. The van der Waals surface area contributed by atoms with Crippen molar-refractivity contribution < 1.29 is 4.79 Å². The zero-order chi connectivity index (χ0) is 17.1. The molecule has 4 rings (SSSR count). The van der Waals surface area contributed by atoms with Crippen LogP contribution in [0.25, 0.3) is 10.9 Å². The van der Waals surface area contributed by atoms with Crippen LogP contribution in [0.2, 0.25) is 0 Å². The van der Waals surface area contributed by atoms with Gasteiger partial charge in [-0.25, -0.2) is 0 Å². The third-order valence-electron chi connectivity index (χ3n) is 4.67. The highest BCUT2D eigenvalue weighted by molar-refractivity contribution is 5.94. The summed E-state index contributed by atoms with van der Waals surface area (Å²) in [5, 5.41) is 4.54. The summed E-state index contributed by atoms with van der Waals surface area (Å²) in [5.41, 5.74) is 3.91. The van der Waals surface area contributed by atoms with E-state index in [1.165, 1.54) is 0 Å². The second-order valence-corrected chi connectivity index (χ2v) is 6.47. The molecule has 1 aliphatic heterocycles. The molecule has 0 unspecified atom stereocenters. The van der Waals surface area contributed by atoms with Gasteiger partial charge in [0.25, 0.3) is 5.91 Å². The molecule has 4 nitrogen and oxygen atoms in total. The van der Waals surface area contributed by atoms with Crippen LogP contribution in [0.4, 0.5) is 5.69 Å². The number of amides is 1. The summed E-state index contributed by atoms with van der Waals surface area (Å²) in [6.45, 7) is 2.47. The number of pyridine rings is 1. The van der Waals surface area contributed by atoms with Gasteiger partial charge < -0.3 is 10.2 Å². The molecule has 1 saturated heterocycles. The van der Waals surface area contributed by atoms with E-state index in [2.05, 4.69) is 22.4 Å². The van der Waals surface area contributed by atoms with Crippen LogP contribution in [-0.2, 0) is 6.54 Å². The van der Waals surface area contributed by atoms with Gasteiger partial charge in [0.05, 0.1) is 5.52 Å². The third kappa shape index (κ3) is 3.48. The first-order valence-electron chi connectivity index (χ1n) is 8.76. The molecular weight excluding hydrogens is 310 g/mol. The summed E-state index contributed by atoms with van der Waals surface area (Å²) >= 11 is 0. The predicted molar refractivity (Wildman–Crippen MR) is 101 cm³/mol. The van der Waals surface area contributed by atoms with Crippen LogP contribution >= 0.6 is 0 Å². The molecule has 1 fully saturated rings. The fourth-order valence-corrected chi connectivity index (χ4v) is 3.25. The quantitative estimate of drug-likeness (QED) is 0.783. The van der Waals surface area contributed by atoms with Gasteiger partial charge in [0, 0.05) is 42.5 Å². The Labute approximate surface area is 147 Å². The van der Waals surface area contributed by atoms with E-state index >= 15 is 0 Å². The smallest absolute Gasteiger partial charge is 0.253 e. The number of fused-ring (bicyclic) bond motifs is 1. The number of likely N-dealkylation sites (tertiary alicyclic amines) is 1. The van der Waals surface area contributed by atoms with Gasteiger partial charge in [-0.2, -0.15) is 0 Å². The Morgan fingerprint density at radius 2 is 1.80 bits per heavy atom. The van der Waals surface area contributed by atoms with Crippen molar-refractivity contribution in [2.45, 2.75) is 19.4 Å². The SMILES string of the molecule is O=C(c1ccc(NCc2cnc3ccccc3c2)cc1)N1CCCC1. The van der Waals surface area contributed by atoms with Gasteiger partial charge in [-0.1, -0.05) is 18.2 Å². The molecule has 2 aromatic carbocycles. The summed E-state index contributed by atoms with van der Waals surface area (Å²) in [7, 11) is 0. The van der Waals surface area contributed by atoms with Gasteiger partial charge in [0.1, 0.15) is 0 Å². The van der Waals surface area contributed by atoms with Crippen molar-refractivity contribution in [3.63, 3.8) is 0 Å². The first-order valence-corrected chi connectivity index (χ1v) is 8.76. The van der Waals surface area contributed by atoms with Crippen LogP contribution in [0.3, 0.4) is 0 Å². The second-order valence-electron chi connectivity index (χ2n) is 6.47. The number of nitrogens with one attached hydrogen (secondary N) is 1. The monoisotopic (exact) mass is 331 g/mol. The maximum atomic E-state index is 12.4. The van der Waals surface area contributed by atoms with Crippen LogP contribution in [0, 0.1) is 0 Å². The highest BCUT2D eigenvalue weighted by Gasteiger charge is 2.19. The first kappa shape index (κ1) is 15.6. The maximum Gasteiger partial charge on any atom is 0.253 e.